The van der Waals surface area contributed by atoms with Crippen LogP contribution in [0.25, 0.3) is 5.65 Å². The first kappa shape index (κ1) is 15.5. The smallest absolute Gasteiger partial charge is 0.263 e. The number of hydrogen-bond donors (Lipinski definition) is 2. The van der Waals surface area contributed by atoms with Crippen molar-refractivity contribution in [2.24, 2.45) is 0 Å². The first-order valence-electron chi connectivity index (χ1n) is 8.28. The minimum Gasteiger partial charge on any atom is -0.351 e. The van der Waals surface area contributed by atoms with Crippen LogP contribution in [0.5, 0.6) is 0 Å². The molecule has 128 valence electrons. The molecule has 3 heterocycles. The summed E-state index contributed by atoms with van der Waals surface area (Å²) in [5, 5.41) is 6.96. The van der Waals surface area contributed by atoms with Crippen LogP contribution in [0.1, 0.15) is 46.2 Å². The number of fused-ring (bicyclic) bond motifs is 1. The van der Waals surface area contributed by atoms with Crippen LogP contribution < -0.4 is 10.9 Å². The van der Waals surface area contributed by atoms with Crippen molar-refractivity contribution >= 4 is 11.6 Å². The van der Waals surface area contributed by atoms with Crippen molar-refractivity contribution < 1.29 is 4.79 Å². The van der Waals surface area contributed by atoms with Gasteiger partial charge in [-0.15, -0.1) is 0 Å². The van der Waals surface area contributed by atoms with E-state index in [9.17, 15) is 9.59 Å². The first-order chi connectivity index (χ1) is 12.1. The predicted molar refractivity (Wildman–Crippen MR) is 90.6 cm³/mol. The van der Waals surface area contributed by atoms with Crippen molar-refractivity contribution in [2.45, 2.75) is 32.1 Å². The Bertz CT molecular complexity index is 985. The molecule has 1 aliphatic carbocycles. The molecule has 3 aromatic rings. The Morgan fingerprint density at radius 3 is 2.84 bits per heavy atom. The molecule has 0 radical (unpaired) electrons. The van der Waals surface area contributed by atoms with Gasteiger partial charge in [0.05, 0.1) is 5.69 Å². The number of hydrogen-bond acceptors (Lipinski definition) is 5. The quantitative estimate of drug-likeness (QED) is 0.721. The Morgan fingerprint density at radius 1 is 1.36 bits per heavy atom. The topological polar surface area (TPSA) is 105 Å². The molecule has 0 saturated heterocycles. The Kier molecular flexibility index (Phi) is 3.79. The van der Waals surface area contributed by atoms with Crippen LogP contribution in [0, 0.1) is 6.92 Å². The van der Waals surface area contributed by atoms with Gasteiger partial charge in [-0.05, 0) is 31.7 Å². The van der Waals surface area contributed by atoms with Crippen LogP contribution in [0.2, 0.25) is 0 Å². The van der Waals surface area contributed by atoms with Crippen molar-refractivity contribution in [1.29, 1.82) is 0 Å². The third-order valence-electron chi connectivity index (χ3n) is 4.21. The first-order valence-corrected chi connectivity index (χ1v) is 8.28. The van der Waals surface area contributed by atoms with E-state index in [0.29, 0.717) is 24.5 Å². The third-order valence-corrected chi connectivity index (χ3v) is 4.21. The number of H-pyrrole nitrogens is 1. The molecular formula is C17H18N6O2. The standard InChI is InChI=1S/C17H18N6O2/c1-10-6-14-21-17(25)13(9-23(14)22-10)16(24)18-5-4-11-7-19-15(20-8-11)12-2-3-12/h6-9,12H,2-5H2,1H3,(H,18,24)(H,21,25). The highest BCUT2D eigenvalue weighted by atomic mass is 16.2. The minimum absolute atomic E-state index is 0.0379. The van der Waals surface area contributed by atoms with Gasteiger partial charge in [-0.1, -0.05) is 0 Å². The summed E-state index contributed by atoms with van der Waals surface area (Å²) < 4.78 is 1.50. The van der Waals surface area contributed by atoms with Gasteiger partial charge < -0.3 is 10.3 Å². The molecule has 0 aromatic carbocycles. The summed E-state index contributed by atoms with van der Waals surface area (Å²) in [6.07, 6.45) is 8.01. The fraction of sp³-hybridized carbons (Fsp3) is 0.353. The molecule has 3 aromatic heterocycles. The predicted octanol–water partition coefficient (Wildman–Crippen LogP) is 0.971. The van der Waals surface area contributed by atoms with Crippen LogP contribution in [-0.2, 0) is 6.42 Å². The Balaban J connectivity index is 1.39. The van der Waals surface area contributed by atoms with Crippen LogP contribution in [0.3, 0.4) is 0 Å². The van der Waals surface area contributed by atoms with Crippen molar-refractivity contribution in [2.75, 3.05) is 6.54 Å². The molecule has 1 aliphatic rings. The zero-order chi connectivity index (χ0) is 17.4. The van der Waals surface area contributed by atoms with Crippen LogP contribution >= 0.6 is 0 Å². The Morgan fingerprint density at radius 2 is 2.12 bits per heavy atom. The lowest BCUT2D eigenvalue weighted by Crippen LogP contribution is -2.31. The van der Waals surface area contributed by atoms with Gasteiger partial charge in [0.15, 0.2) is 0 Å². The van der Waals surface area contributed by atoms with Crippen LogP contribution in [0.15, 0.2) is 29.5 Å². The van der Waals surface area contributed by atoms with E-state index in [1.54, 1.807) is 18.5 Å². The number of nitrogens with one attached hydrogen (secondary N) is 2. The Hall–Kier alpha value is -3.03. The number of aromatic amines is 1. The van der Waals surface area contributed by atoms with E-state index in [-0.39, 0.29) is 5.56 Å². The number of carbonyl (C=O) groups excluding carboxylic acids is 1. The van der Waals surface area contributed by atoms with Gasteiger partial charge in [0.25, 0.3) is 11.5 Å². The zero-order valence-electron chi connectivity index (χ0n) is 13.8. The maximum absolute atomic E-state index is 12.3. The van der Waals surface area contributed by atoms with Gasteiger partial charge in [0.2, 0.25) is 0 Å². The van der Waals surface area contributed by atoms with Crippen LogP contribution in [0.4, 0.5) is 0 Å². The number of amides is 1. The monoisotopic (exact) mass is 338 g/mol. The number of aryl methyl sites for hydroxylation is 1. The van der Waals surface area contributed by atoms with Gasteiger partial charge in [0.1, 0.15) is 17.0 Å². The lowest BCUT2D eigenvalue weighted by Gasteiger charge is -2.05. The molecule has 2 N–H and O–H groups in total. The van der Waals surface area contributed by atoms with Crippen molar-refractivity contribution in [3.8, 4) is 0 Å². The van der Waals surface area contributed by atoms with Gasteiger partial charge in [0, 0.05) is 37.1 Å². The van der Waals surface area contributed by atoms with E-state index in [0.717, 1.165) is 17.1 Å². The highest BCUT2D eigenvalue weighted by Crippen LogP contribution is 2.37. The molecule has 1 saturated carbocycles. The third kappa shape index (κ3) is 3.28. The summed E-state index contributed by atoms with van der Waals surface area (Å²) in [6.45, 7) is 2.22. The Labute approximate surface area is 143 Å². The fourth-order valence-electron chi connectivity index (χ4n) is 2.70. The molecule has 25 heavy (non-hydrogen) atoms. The molecule has 1 amide bonds. The van der Waals surface area contributed by atoms with E-state index in [2.05, 4.69) is 25.4 Å². The maximum Gasteiger partial charge on any atom is 0.263 e. The summed E-state index contributed by atoms with van der Waals surface area (Å²) in [7, 11) is 0. The lowest BCUT2D eigenvalue weighted by atomic mass is 10.2. The van der Waals surface area contributed by atoms with E-state index < -0.39 is 11.5 Å². The number of aromatic nitrogens is 5. The summed E-state index contributed by atoms with van der Waals surface area (Å²) in [5.41, 5.74) is 1.89. The van der Waals surface area contributed by atoms with Crippen molar-refractivity contribution in [1.82, 2.24) is 29.9 Å². The maximum atomic E-state index is 12.3. The average molecular weight is 338 g/mol. The molecule has 0 aliphatic heterocycles. The van der Waals surface area contributed by atoms with Gasteiger partial charge in [-0.3, -0.25) is 9.59 Å². The second-order valence-corrected chi connectivity index (χ2v) is 6.34. The molecule has 0 spiro atoms. The molecule has 0 bridgehead atoms. The summed E-state index contributed by atoms with van der Waals surface area (Å²) in [4.78, 5) is 35.7. The summed E-state index contributed by atoms with van der Waals surface area (Å²) in [5.74, 6) is 1.01. The van der Waals surface area contributed by atoms with E-state index >= 15 is 0 Å². The molecule has 8 nitrogen and oxygen atoms in total. The molecule has 4 rings (SSSR count). The van der Waals surface area contributed by atoms with Crippen molar-refractivity contribution in [3.63, 3.8) is 0 Å². The van der Waals surface area contributed by atoms with Gasteiger partial charge in [-0.2, -0.15) is 5.10 Å². The summed E-state index contributed by atoms with van der Waals surface area (Å²) >= 11 is 0. The second-order valence-electron chi connectivity index (χ2n) is 6.34. The SMILES string of the molecule is Cc1cc2[nH]c(=O)c(C(=O)NCCc3cnc(C4CC4)nc3)cn2n1. The normalized spacial score (nSPS) is 14.0. The highest BCUT2D eigenvalue weighted by Gasteiger charge is 2.26. The van der Waals surface area contributed by atoms with Gasteiger partial charge >= 0.3 is 0 Å². The summed E-state index contributed by atoms with van der Waals surface area (Å²) in [6, 6.07) is 1.74. The van der Waals surface area contributed by atoms with E-state index in [1.165, 1.54) is 23.6 Å². The largest absolute Gasteiger partial charge is 0.351 e. The van der Waals surface area contributed by atoms with E-state index in [4.69, 9.17) is 0 Å². The van der Waals surface area contributed by atoms with E-state index in [1.807, 2.05) is 6.92 Å². The molecule has 1 fully saturated rings. The fourth-order valence-corrected chi connectivity index (χ4v) is 2.70. The van der Waals surface area contributed by atoms with Crippen LogP contribution in [-0.4, -0.2) is 37.0 Å². The second kappa shape index (κ2) is 6.12. The average Bonchev–Trinajstić information content (AvgIpc) is 3.37. The van der Waals surface area contributed by atoms with Crippen molar-refractivity contribution in [3.05, 3.63) is 57.7 Å². The highest BCUT2D eigenvalue weighted by molar-refractivity contribution is 5.93. The molecule has 8 heteroatoms. The molecular weight excluding hydrogens is 320 g/mol. The molecule has 0 atom stereocenters. The zero-order valence-corrected chi connectivity index (χ0v) is 13.8. The van der Waals surface area contributed by atoms with Gasteiger partial charge in [-0.25, -0.2) is 14.5 Å². The molecule has 0 unspecified atom stereocenters. The number of nitrogens with zero attached hydrogens (tertiary/aromatic N) is 4. The lowest BCUT2D eigenvalue weighted by molar-refractivity contribution is 0.0952. The number of carbonyl (C=O) groups is 1. The number of rotatable bonds is 5. The minimum atomic E-state index is -0.429.